The van der Waals surface area contributed by atoms with Crippen LogP contribution in [0.5, 0.6) is 0 Å². The number of amides is 1. The van der Waals surface area contributed by atoms with Crippen molar-refractivity contribution in [2.75, 3.05) is 0 Å². The first kappa shape index (κ1) is 28.7. The zero-order valence-corrected chi connectivity index (χ0v) is 20.2. The highest BCUT2D eigenvalue weighted by Gasteiger charge is 2.42. The number of rotatable bonds is 6. The maximum atomic E-state index is 14.7. The van der Waals surface area contributed by atoms with Gasteiger partial charge in [0.1, 0.15) is 17.5 Å². The zero-order valence-electron chi connectivity index (χ0n) is 20.2. The van der Waals surface area contributed by atoms with E-state index < -0.39 is 69.9 Å². The highest BCUT2D eigenvalue weighted by molar-refractivity contribution is 5.95. The Kier molecular flexibility index (Phi) is 7.69. The summed E-state index contributed by atoms with van der Waals surface area (Å²) in [4.78, 5) is 13.4. The van der Waals surface area contributed by atoms with Crippen LogP contribution >= 0.6 is 0 Å². The molecule has 4 aromatic carbocycles. The molecule has 1 amide bonds. The van der Waals surface area contributed by atoms with Gasteiger partial charge in [0, 0.05) is 12.0 Å². The van der Waals surface area contributed by atoms with Crippen LogP contribution in [0, 0.1) is 17.5 Å². The van der Waals surface area contributed by atoms with Crippen LogP contribution < -0.4 is 5.32 Å². The van der Waals surface area contributed by atoms with Crippen molar-refractivity contribution in [3.05, 3.63) is 142 Å². The summed E-state index contributed by atoms with van der Waals surface area (Å²) < 4.78 is 125. The summed E-state index contributed by atoms with van der Waals surface area (Å²) in [5.74, 6) is -4.56. The molecule has 0 saturated carbocycles. The fraction of sp³-hybridized carbons (Fsp3) is 0.138. The predicted molar refractivity (Wildman–Crippen MR) is 128 cm³/mol. The van der Waals surface area contributed by atoms with Crippen molar-refractivity contribution in [1.82, 2.24) is 5.32 Å². The number of hydrogen-bond donors (Lipinski definition) is 1. The number of benzene rings is 4. The first-order chi connectivity index (χ1) is 18.7. The van der Waals surface area contributed by atoms with Crippen molar-refractivity contribution in [3.8, 4) is 0 Å². The van der Waals surface area contributed by atoms with Gasteiger partial charge in [0.25, 0.3) is 5.91 Å². The van der Waals surface area contributed by atoms with Crippen molar-refractivity contribution in [1.29, 1.82) is 0 Å². The third-order valence-corrected chi connectivity index (χ3v) is 6.18. The normalized spacial score (nSPS) is 12.3. The Hall–Kier alpha value is -4.28. The topological polar surface area (TPSA) is 29.1 Å². The van der Waals surface area contributed by atoms with Crippen LogP contribution in [0.25, 0.3) is 0 Å². The average molecular weight is 567 g/mol. The van der Waals surface area contributed by atoms with Gasteiger partial charge in [-0.05, 0) is 77.4 Å². The molecule has 4 aromatic rings. The van der Waals surface area contributed by atoms with Crippen molar-refractivity contribution >= 4 is 5.91 Å². The van der Waals surface area contributed by atoms with Gasteiger partial charge in [0.15, 0.2) is 0 Å². The molecule has 208 valence electrons. The Morgan fingerprint density at radius 1 is 0.575 bits per heavy atom. The van der Waals surface area contributed by atoms with Gasteiger partial charge in [0.05, 0.1) is 16.7 Å². The second-order valence-electron chi connectivity index (χ2n) is 8.98. The number of halogens is 9. The van der Waals surface area contributed by atoms with E-state index in [1.165, 1.54) is 24.3 Å². The minimum absolute atomic E-state index is 0.186. The summed E-state index contributed by atoms with van der Waals surface area (Å²) in [5, 5.41) is 2.43. The molecule has 0 aliphatic carbocycles. The Bertz CT molecular complexity index is 1450. The second-order valence-corrected chi connectivity index (χ2v) is 8.98. The fourth-order valence-corrected chi connectivity index (χ4v) is 4.33. The SMILES string of the molecule is O=C(NC(Cc1ccccc1)(c1cc(F)cc(C(F)(F)F)c1)c1cc(F)cc(C(F)(F)F)c1)c1ccc(F)cc1. The Morgan fingerprint density at radius 2 is 1.02 bits per heavy atom. The largest absolute Gasteiger partial charge is 0.416 e. The zero-order chi connectivity index (χ0) is 29.3. The molecule has 0 aliphatic heterocycles. The van der Waals surface area contributed by atoms with Crippen LogP contribution in [0.2, 0.25) is 0 Å². The minimum atomic E-state index is -5.07. The number of carbonyl (C=O) groups excluding carboxylic acids is 1. The molecular formula is C29H18F9NO. The number of carbonyl (C=O) groups is 1. The van der Waals surface area contributed by atoms with E-state index in [1.54, 1.807) is 6.07 Å². The van der Waals surface area contributed by atoms with Gasteiger partial charge in [-0.15, -0.1) is 0 Å². The van der Waals surface area contributed by atoms with Gasteiger partial charge in [-0.2, -0.15) is 26.3 Å². The minimum Gasteiger partial charge on any atom is -0.338 e. The highest BCUT2D eigenvalue weighted by Crippen LogP contribution is 2.41. The number of alkyl halides is 6. The van der Waals surface area contributed by atoms with Gasteiger partial charge in [-0.3, -0.25) is 4.79 Å². The molecule has 0 aliphatic rings. The lowest BCUT2D eigenvalue weighted by Crippen LogP contribution is -2.49. The molecule has 4 rings (SSSR count). The smallest absolute Gasteiger partial charge is 0.338 e. The molecule has 0 spiro atoms. The predicted octanol–water partition coefficient (Wildman–Crippen LogP) is 8.06. The van der Waals surface area contributed by atoms with Gasteiger partial charge in [-0.1, -0.05) is 30.3 Å². The summed E-state index contributed by atoms with van der Waals surface area (Å²) in [6, 6.07) is 14.1. The van der Waals surface area contributed by atoms with Gasteiger partial charge >= 0.3 is 12.4 Å². The molecule has 0 fully saturated rings. The van der Waals surface area contributed by atoms with E-state index in [2.05, 4.69) is 5.32 Å². The maximum Gasteiger partial charge on any atom is 0.416 e. The van der Waals surface area contributed by atoms with E-state index >= 15 is 0 Å². The molecule has 1 N–H and O–H groups in total. The van der Waals surface area contributed by atoms with Crippen molar-refractivity contribution < 1.29 is 44.3 Å². The Labute approximate surface area is 222 Å². The summed E-state index contributed by atoms with van der Waals surface area (Å²) in [6.45, 7) is 0. The van der Waals surface area contributed by atoms with E-state index in [0.717, 1.165) is 24.3 Å². The van der Waals surface area contributed by atoms with E-state index in [1.807, 2.05) is 0 Å². The van der Waals surface area contributed by atoms with E-state index in [4.69, 9.17) is 0 Å². The van der Waals surface area contributed by atoms with Crippen LogP contribution in [-0.4, -0.2) is 5.91 Å². The van der Waals surface area contributed by atoms with Crippen molar-refractivity contribution in [2.24, 2.45) is 0 Å². The molecule has 40 heavy (non-hydrogen) atoms. The van der Waals surface area contributed by atoms with Gasteiger partial charge in [-0.25, -0.2) is 13.2 Å². The molecule has 0 aromatic heterocycles. The van der Waals surface area contributed by atoms with E-state index in [0.29, 0.717) is 29.8 Å². The van der Waals surface area contributed by atoms with E-state index in [-0.39, 0.29) is 17.7 Å². The molecule has 11 heteroatoms. The molecule has 0 radical (unpaired) electrons. The van der Waals surface area contributed by atoms with E-state index in [9.17, 15) is 44.3 Å². The van der Waals surface area contributed by atoms with Crippen LogP contribution in [0.1, 0.15) is 38.2 Å². The van der Waals surface area contributed by atoms with Gasteiger partial charge < -0.3 is 5.32 Å². The van der Waals surface area contributed by atoms with Crippen LogP contribution in [0.15, 0.2) is 91.0 Å². The van der Waals surface area contributed by atoms with Crippen LogP contribution in [-0.2, 0) is 24.3 Å². The summed E-state index contributed by atoms with van der Waals surface area (Å²) >= 11 is 0. The first-order valence-electron chi connectivity index (χ1n) is 11.6. The van der Waals surface area contributed by atoms with Crippen LogP contribution in [0.3, 0.4) is 0 Å². The standard InChI is InChI=1S/C29H18F9NO/c30-23-8-6-18(7-9-23)26(40)39-27(16-17-4-2-1-3-5-17,19-10-21(28(33,34)35)14-24(31)12-19)20-11-22(29(36,37)38)15-25(32)13-20/h1-15H,16H2,(H,39,40). The molecular weight excluding hydrogens is 549 g/mol. The molecule has 0 atom stereocenters. The van der Waals surface area contributed by atoms with Crippen molar-refractivity contribution in [3.63, 3.8) is 0 Å². The molecule has 0 saturated heterocycles. The number of nitrogens with one attached hydrogen (secondary N) is 1. The molecule has 0 unspecified atom stereocenters. The van der Waals surface area contributed by atoms with Crippen molar-refractivity contribution in [2.45, 2.75) is 24.3 Å². The lowest BCUT2D eigenvalue weighted by molar-refractivity contribution is -0.138. The Balaban J connectivity index is 2.06. The highest BCUT2D eigenvalue weighted by atomic mass is 19.4. The lowest BCUT2D eigenvalue weighted by Gasteiger charge is -2.37. The summed E-state index contributed by atoms with van der Waals surface area (Å²) in [7, 11) is 0. The monoisotopic (exact) mass is 567 g/mol. The Morgan fingerprint density at radius 3 is 1.48 bits per heavy atom. The van der Waals surface area contributed by atoms with Gasteiger partial charge in [0.2, 0.25) is 0 Å². The summed E-state index contributed by atoms with van der Waals surface area (Å²) in [6.07, 6.45) is -10.7. The molecule has 0 heterocycles. The quantitative estimate of drug-likeness (QED) is 0.235. The maximum absolute atomic E-state index is 14.7. The fourth-order valence-electron chi connectivity index (χ4n) is 4.33. The number of hydrogen-bond acceptors (Lipinski definition) is 1. The third-order valence-electron chi connectivity index (χ3n) is 6.18. The second kappa shape index (κ2) is 10.7. The molecule has 2 nitrogen and oxygen atoms in total. The summed E-state index contributed by atoms with van der Waals surface area (Å²) in [5.41, 5.74) is -6.43. The molecule has 0 bridgehead atoms. The average Bonchev–Trinajstić information content (AvgIpc) is 2.87. The first-order valence-corrected chi connectivity index (χ1v) is 11.6. The lowest BCUT2D eigenvalue weighted by atomic mass is 9.76. The van der Waals surface area contributed by atoms with Crippen LogP contribution in [0.4, 0.5) is 39.5 Å². The third kappa shape index (κ3) is 6.30.